The maximum atomic E-state index is 12.8. The molecule has 2 aromatic rings. The first-order valence-electron chi connectivity index (χ1n) is 7.27. The first kappa shape index (κ1) is 18.7. The molecule has 0 aliphatic carbocycles. The summed E-state index contributed by atoms with van der Waals surface area (Å²) in [5.74, 6) is 0.0794. The lowest BCUT2D eigenvalue weighted by molar-refractivity contribution is 0.0707. The molecule has 0 radical (unpaired) electrons. The quantitative estimate of drug-likeness (QED) is 0.856. The van der Waals surface area contributed by atoms with Crippen LogP contribution < -0.4 is 5.32 Å². The van der Waals surface area contributed by atoms with Crippen LogP contribution in [0.5, 0.6) is 0 Å². The maximum Gasteiger partial charge on any atom is 0.265 e. The van der Waals surface area contributed by atoms with Crippen LogP contribution in [-0.4, -0.2) is 42.0 Å². The number of hydrogen-bond acceptors (Lipinski definition) is 5. The van der Waals surface area contributed by atoms with Crippen molar-refractivity contribution in [2.45, 2.75) is 25.8 Å². The van der Waals surface area contributed by atoms with Crippen LogP contribution >= 0.6 is 46.7 Å². The molecule has 1 aliphatic heterocycles. The van der Waals surface area contributed by atoms with Gasteiger partial charge in [-0.3, -0.25) is 4.79 Å². The van der Waals surface area contributed by atoms with Gasteiger partial charge in [0.15, 0.2) is 0 Å². The van der Waals surface area contributed by atoms with Crippen molar-refractivity contribution < 1.29 is 4.79 Å². The predicted molar refractivity (Wildman–Crippen MR) is 100 cm³/mol. The molecule has 23 heavy (non-hydrogen) atoms. The van der Waals surface area contributed by atoms with E-state index in [1.807, 2.05) is 31.0 Å². The summed E-state index contributed by atoms with van der Waals surface area (Å²) in [7, 11) is 1.90. The molecule has 1 saturated heterocycles. The van der Waals surface area contributed by atoms with Crippen LogP contribution in [0.4, 0.5) is 0 Å². The highest BCUT2D eigenvalue weighted by atomic mass is 35.5. The van der Waals surface area contributed by atoms with Crippen molar-refractivity contribution in [3.8, 4) is 9.88 Å². The summed E-state index contributed by atoms with van der Waals surface area (Å²) in [5, 5.41) is 4.20. The highest BCUT2D eigenvalue weighted by Crippen LogP contribution is 2.35. The van der Waals surface area contributed by atoms with Gasteiger partial charge in [-0.25, -0.2) is 4.98 Å². The third-order valence-corrected chi connectivity index (χ3v) is 6.50. The van der Waals surface area contributed by atoms with Gasteiger partial charge >= 0.3 is 0 Å². The highest BCUT2D eigenvalue weighted by molar-refractivity contribution is 7.24. The molecule has 2 aromatic heterocycles. The Morgan fingerprint density at radius 3 is 2.65 bits per heavy atom. The third kappa shape index (κ3) is 4.06. The van der Waals surface area contributed by atoms with E-state index in [1.54, 1.807) is 0 Å². The zero-order chi connectivity index (χ0) is 15.7. The maximum absolute atomic E-state index is 12.8. The van der Waals surface area contributed by atoms with E-state index < -0.39 is 0 Å². The van der Waals surface area contributed by atoms with Gasteiger partial charge < -0.3 is 10.2 Å². The first-order chi connectivity index (χ1) is 10.6. The molecule has 1 fully saturated rings. The third-order valence-electron chi connectivity index (χ3n) is 3.95. The van der Waals surface area contributed by atoms with Crippen LogP contribution in [0.25, 0.3) is 9.88 Å². The number of hydrogen-bond donors (Lipinski definition) is 1. The molecule has 3 rings (SSSR count). The molecule has 8 heteroatoms. The summed E-state index contributed by atoms with van der Waals surface area (Å²) in [5.41, 5.74) is 0.801. The van der Waals surface area contributed by atoms with Gasteiger partial charge in [0.1, 0.15) is 9.88 Å². The molecule has 0 unspecified atom stereocenters. The Labute approximate surface area is 155 Å². The Morgan fingerprint density at radius 2 is 2.04 bits per heavy atom. The van der Waals surface area contributed by atoms with Crippen molar-refractivity contribution in [1.29, 1.82) is 0 Å². The van der Waals surface area contributed by atoms with Crippen LogP contribution in [0.1, 0.15) is 28.2 Å². The molecule has 0 aromatic carbocycles. The molecule has 1 N–H and O–H groups in total. The lowest BCUT2D eigenvalue weighted by atomic mass is 10.1. The summed E-state index contributed by atoms with van der Waals surface area (Å²) in [6.07, 6.45) is 2.01. The van der Waals surface area contributed by atoms with E-state index in [0.717, 1.165) is 50.7 Å². The molecule has 4 nitrogen and oxygen atoms in total. The Bertz CT molecular complexity index is 680. The van der Waals surface area contributed by atoms with Crippen molar-refractivity contribution >= 4 is 52.6 Å². The van der Waals surface area contributed by atoms with Crippen molar-refractivity contribution in [3.63, 3.8) is 0 Å². The zero-order valence-electron chi connectivity index (χ0n) is 13.0. The predicted octanol–water partition coefficient (Wildman–Crippen LogP) is 4.08. The first-order valence-corrected chi connectivity index (χ1v) is 9.28. The number of aromatic nitrogens is 1. The Morgan fingerprint density at radius 1 is 1.35 bits per heavy atom. The fourth-order valence-corrected chi connectivity index (χ4v) is 4.80. The number of aryl methyl sites for hydroxylation is 1. The molecule has 1 amide bonds. The second-order valence-electron chi connectivity index (χ2n) is 5.43. The summed E-state index contributed by atoms with van der Waals surface area (Å²) in [4.78, 5) is 21.0. The van der Waals surface area contributed by atoms with Crippen LogP contribution in [0.2, 0.25) is 4.34 Å². The molecule has 0 bridgehead atoms. The SMILES string of the molecule is Cc1nc(-c2ccc(Cl)s2)sc1C(=O)N(C)C1CCNCC1.Cl. The van der Waals surface area contributed by atoms with Crippen LogP contribution in [-0.2, 0) is 0 Å². The lowest BCUT2D eigenvalue weighted by Gasteiger charge is -2.31. The minimum Gasteiger partial charge on any atom is -0.338 e. The van der Waals surface area contributed by atoms with Crippen LogP contribution in [0.3, 0.4) is 0 Å². The Balaban J connectivity index is 0.00000192. The fraction of sp³-hybridized carbons (Fsp3) is 0.467. The van der Waals surface area contributed by atoms with Gasteiger partial charge in [-0.05, 0) is 45.0 Å². The van der Waals surface area contributed by atoms with Crippen molar-refractivity contribution in [1.82, 2.24) is 15.2 Å². The van der Waals surface area contributed by atoms with Crippen molar-refractivity contribution in [3.05, 3.63) is 27.0 Å². The van der Waals surface area contributed by atoms with E-state index in [4.69, 9.17) is 11.6 Å². The number of halogens is 2. The lowest BCUT2D eigenvalue weighted by Crippen LogP contribution is -2.43. The second kappa shape index (κ2) is 7.94. The van der Waals surface area contributed by atoms with E-state index in [2.05, 4.69) is 10.3 Å². The van der Waals surface area contributed by atoms with E-state index in [0.29, 0.717) is 6.04 Å². The fourth-order valence-electron chi connectivity index (χ4n) is 2.65. The van der Waals surface area contributed by atoms with E-state index in [9.17, 15) is 4.79 Å². The molecule has 126 valence electrons. The zero-order valence-corrected chi connectivity index (χ0v) is 16.2. The number of amides is 1. The number of thiazole rings is 1. The smallest absolute Gasteiger partial charge is 0.265 e. The summed E-state index contributed by atoms with van der Waals surface area (Å²) < 4.78 is 0.738. The number of nitrogens with zero attached hydrogens (tertiary/aromatic N) is 2. The highest BCUT2D eigenvalue weighted by Gasteiger charge is 2.26. The Hall–Kier alpha value is -0.660. The minimum atomic E-state index is 0. The van der Waals surface area contributed by atoms with Gasteiger partial charge in [0.05, 0.1) is 14.9 Å². The van der Waals surface area contributed by atoms with Crippen molar-refractivity contribution in [2.24, 2.45) is 0 Å². The molecule has 0 spiro atoms. The van der Waals surface area contributed by atoms with Crippen LogP contribution in [0, 0.1) is 6.92 Å². The van der Waals surface area contributed by atoms with Gasteiger partial charge in [-0.2, -0.15) is 0 Å². The summed E-state index contributed by atoms with van der Waals surface area (Å²) in [6, 6.07) is 4.13. The number of rotatable bonds is 3. The normalized spacial score (nSPS) is 15.3. The average Bonchev–Trinajstić information content (AvgIpc) is 3.12. The van der Waals surface area contributed by atoms with E-state index in [1.165, 1.54) is 22.7 Å². The van der Waals surface area contributed by atoms with E-state index >= 15 is 0 Å². The molecule has 0 atom stereocenters. The van der Waals surface area contributed by atoms with Gasteiger partial charge in [-0.1, -0.05) is 11.6 Å². The molecular formula is C15H19Cl2N3OS2. The van der Waals surface area contributed by atoms with E-state index in [-0.39, 0.29) is 18.3 Å². The molecule has 0 saturated carbocycles. The van der Waals surface area contributed by atoms with Gasteiger partial charge in [0.2, 0.25) is 0 Å². The summed E-state index contributed by atoms with van der Waals surface area (Å²) in [6.45, 7) is 3.85. The summed E-state index contributed by atoms with van der Waals surface area (Å²) >= 11 is 8.94. The number of piperidine rings is 1. The molecular weight excluding hydrogens is 373 g/mol. The van der Waals surface area contributed by atoms with Gasteiger partial charge in [-0.15, -0.1) is 35.1 Å². The van der Waals surface area contributed by atoms with Crippen LogP contribution in [0.15, 0.2) is 12.1 Å². The molecule has 1 aliphatic rings. The standard InChI is InChI=1S/C15H18ClN3OS2.ClH/c1-9-13(15(20)19(2)10-5-7-17-8-6-10)22-14(18-9)11-3-4-12(16)21-11;/h3-4,10,17H,5-8H2,1-2H3;1H. The monoisotopic (exact) mass is 391 g/mol. The average molecular weight is 392 g/mol. The largest absolute Gasteiger partial charge is 0.338 e. The minimum absolute atomic E-state index is 0. The molecule has 3 heterocycles. The number of carbonyl (C=O) groups excluding carboxylic acids is 1. The Kier molecular flexibility index (Phi) is 6.45. The number of thiophene rings is 1. The van der Waals surface area contributed by atoms with Gasteiger partial charge in [0.25, 0.3) is 5.91 Å². The number of carbonyl (C=O) groups is 1. The van der Waals surface area contributed by atoms with Crippen molar-refractivity contribution in [2.75, 3.05) is 20.1 Å². The topological polar surface area (TPSA) is 45.2 Å². The second-order valence-corrected chi connectivity index (χ2v) is 8.15. The van der Waals surface area contributed by atoms with Gasteiger partial charge in [0, 0.05) is 13.1 Å². The number of nitrogens with one attached hydrogen (secondary N) is 1.